The number of carbonyl (C=O) groups excluding carboxylic acids is 1. The number of anilines is 1. The number of hydrogen-bond acceptors (Lipinski definition) is 8. The fraction of sp³-hybridized carbons (Fsp3) is 0.424. The van der Waals surface area contributed by atoms with Crippen molar-refractivity contribution in [1.29, 1.82) is 0 Å². The van der Waals surface area contributed by atoms with Crippen LogP contribution in [0.25, 0.3) is 11.0 Å². The first-order chi connectivity index (χ1) is 21.0. The monoisotopic (exact) mass is 607 g/mol. The molecule has 0 spiro atoms. The van der Waals surface area contributed by atoms with Crippen LogP contribution in [0, 0.1) is 6.92 Å². The SMILES string of the molecule is COC(CCCCCN1CCCC(Nc2ncnc3[nH]cc(C)c23)C1)OC.O=Cc1ccc(Oc2ccccc2)cc1Cl. The number of nitrogens with zero attached hydrogens (tertiary/aromatic N) is 3. The molecule has 1 unspecified atom stereocenters. The number of aryl methyl sites for hydroxylation is 1. The van der Waals surface area contributed by atoms with E-state index in [1.807, 2.05) is 36.5 Å². The summed E-state index contributed by atoms with van der Waals surface area (Å²) in [5.74, 6) is 2.30. The van der Waals surface area contributed by atoms with Gasteiger partial charge in [0, 0.05) is 44.6 Å². The number of piperidine rings is 1. The van der Waals surface area contributed by atoms with Crippen molar-refractivity contribution in [3.05, 3.63) is 77.2 Å². The Kier molecular flexibility index (Phi) is 12.8. The first kappa shape index (κ1) is 32.4. The van der Waals surface area contributed by atoms with Gasteiger partial charge in [0.15, 0.2) is 12.6 Å². The van der Waals surface area contributed by atoms with Crippen molar-refractivity contribution in [1.82, 2.24) is 19.9 Å². The van der Waals surface area contributed by atoms with Crippen LogP contribution in [0.1, 0.15) is 54.4 Å². The Hall–Kier alpha value is -3.50. The van der Waals surface area contributed by atoms with Crippen LogP contribution in [0.15, 0.2) is 61.1 Å². The van der Waals surface area contributed by atoms with Gasteiger partial charge in [-0.3, -0.25) is 4.79 Å². The molecule has 9 nitrogen and oxygen atoms in total. The topological polar surface area (TPSA) is 102 Å². The average molecular weight is 608 g/mol. The minimum absolute atomic E-state index is 0.0600. The molecule has 1 fully saturated rings. The molecular weight excluding hydrogens is 566 g/mol. The van der Waals surface area contributed by atoms with E-state index in [-0.39, 0.29) is 6.29 Å². The molecule has 230 valence electrons. The van der Waals surface area contributed by atoms with Gasteiger partial charge in [0.1, 0.15) is 29.3 Å². The first-order valence-corrected chi connectivity index (χ1v) is 15.2. The minimum Gasteiger partial charge on any atom is -0.457 e. The summed E-state index contributed by atoms with van der Waals surface area (Å²) < 4.78 is 16.1. The molecule has 1 aliphatic rings. The van der Waals surface area contributed by atoms with Crippen LogP contribution in [0.2, 0.25) is 5.02 Å². The van der Waals surface area contributed by atoms with Gasteiger partial charge in [0.25, 0.3) is 0 Å². The highest BCUT2D eigenvalue weighted by Crippen LogP contribution is 2.26. The molecule has 3 heterocycles. The number of nitrogens with one attached hydrogen (secondary N) is 2. The molecule has 43 heavy (non-hydrogen) atoms. The Bertz CT molecular complexity index is 1410. The Balaban J connectivity index is 0.000000225. The fourth-order valence-electron chi connectivity index (χ4n) is 5.24. The smallest absolute Gasteiger partial charge is 0.156 e. The summed E-state index contributed by atoms with van der Waals surface area (Å²) in [6, 6.07) is 14.8. The van der Waals surface area contributed by atoms with Gasteiger partial charge in [-0.2, -0.15) is 0 Å². The van der Waals surface area contributed by atoms with Crippen LogP contribution in [-0.2, 0) is 9.47 Å². The Morgan fingerprint density at radius 1 is 1.09 bits per heavy atom. The van der Waals surface area contributed by atoms with Gasteiger partial charge < -0.3 is 29.4 Å². The Labute approximate surface area is 258 Å². The molecule has 0 bridgehead atoms. The molecule has 2 aromatic carbocycles. The number of benzene rings is 2. The van der Waals surface area contributed by atoms with Gasteiger partial charge in [0.2, 0.25) is 0 Å². The molecule has 0 aliphatic carbocycles. The summed E-state index contributed by atoms with van der Waals surface area (Å²) in [6.07, 6.45) is 11.3. The van der Waals surface area contributed by atoms with Gasteiger partial charge in [-0.25, -0.2) is 9.97 Å². The summed E-state index contributed by atoms with van der Waals surface area (Å²) in [5.41, 5.74) is 2.55. The quantitative estimate of drug-likeness (QED) is 0.0930. The highest BCUT2D eigenvalue weighted by molar-refractivity contribution is 6.33. The lowest BCUT2D eigenvalue weighted by atomic mass is 10.0. The van der Waals surface area contributed by atoms with Crippen molar-refractivity contribution in [3.63, 3.8) is 0 Å². The van der Waals surface area contributed by atoms with Crippen molar-refractivity contribution in [2.24, 2.45) is 0 Å². The van der Waals surface area contributed by atoms with E-state index in [2.05, 4.69) is 32.1 Å². The van der Waals surface area contributed by atoms with E-state index in [9.17, 15) is 4.79 Å². The molecule has 5 rings (SSSR count). The van der Waals surface area contributed by atoms with Gasteiger partial charge in [-0.15, -0.1) is 0 Å². The zero-order chi connectivity index (χ0) is 30.4. The summed E-state index contributed by atoms with van der Waals surface area (Å²) in [5, 5.41) is 5.17. The number of methoxy groups -OCH3 is 2. The lowest BCUT2D eigenvalue weighted by Gasteiger charge is -2.33. The van der Waals surface area contributed by atoms with E-state index in [0.29, 0.717) is 28.7 Å². The average Bonchev–Trinajstić information content (AvgIpc) is 3.41. The number of ether oxygens (including phenoxy) is 3. The fourth-order valence-corrected chi connectivity index (χ4v) is 5.46. The normalized spacial score (nSPS) is 15.2. The number of hydrogen-bond donors (Lipinski definition) is 2. The maximum Gasteiger partial charge on any atom is 0.156 e. The molecular formula is C33H42ClN5O4. The lowest BCUT2D eigenvalue weighted by Crippen LogP contribution is -2.42. The number of para-hydroxylation sites is 1. The van der Waals surface area contributed by atoms with Crippen LogP contribution >= 0.6 is 11.6 Å². The van der Waals surface area contributed by atoms with Crippen molar-refractivity contribution >= 4 is 34.7 Å². The van der Waals surface area contributed by atoms with Crippen molar-refractivity contribution in [2.75, 3.05) is 39.2 Å². The van der Waals surface area contributed by atoms with E-state index < -0.39 is 0 Å². The number of halogens is 1. The van der Waals surface area contributed by atoms with Crippen molar-refractivity contribution in [3.8, 4) is 11.5 Å². The van der Waals surface area contributed by atoms with Crippen LogP contribution in [0.4, 0.5) is 5.82 Å². The zero-order valence-corrected chi connectivity index (χ0v) is 26.0. The number of aromatic nitrogens is 3. The second-order valence-corrected chi connectivity index (χ2v) is 11.1. The van der Waals surface area contributed by atoms with E-state index in [0.717, 1.165) is 48.5 Å². The van der Waals surface area contributed by atoms with Crippen LogP contribution < -0.4 is 10.1 Å². The van der Waals surface area contributed by atoms with Gasteiger partial charge >= 0.3 is 0 Å². The molecule has 2 N–H and O–H groups in total. The molecule has 2 aromatic heterocycles. The standard InChI is InChI=1S/C20H33N5O2.C13H9ClO2/c1-15-12-21-19-18(15)20(23-14-22-19)24-16-8-7-11-25(13-16)10-6-4-5-9-17(26-2)27-3;14-13-8-12(7-6-10(13)9-15)16-11-4-2-1-3-5-11/h12,14,16-17H,4-11,13H2,1-3H3,(H2,21,22,23,24);1-9H. The Morgan fingerprint density at radius 2 is 1.91 bits per heavy atom. The number of rotatable bonds is 13. The largest absolute Gasteiger partial charge is 0.457 e. The van der Waals surface area contributed by atoms with Crippen molar-refractivity contribution in [2.45, 2.75) is 57.8 Å². The summed E-state index contributed by atoms with van der Waals surface area (Å²) in [4.78, 5) is 25.2. The Morgan fingerprint density at radius 3 is 2.65 bits per heavy atom. The third-order valence-corrected chi connectivity index (χ3v) is 7.86. The molecule has 4 aromatic rings. The van der Waals surface area contributed by atoms with Crippen LogP contribution in [-0.4, -0.2) is 72.3 Å². The summed E-state index contributed by atoms with van der Waals surface area (Å²) in [6.45, 7) is 5.52. The van der Waals surface area contributed by atoms with E-state index in [1.54, 1.807) is 38.7 Å². The molecule has 1 atom stereocenters. The summed E-state index contributed by atoms with van der Waals surface area (Å²) >= 11 is 5.88. The second-order valence-electron chi connectivity index (χ2n) is 10.7. The van der Waals surface area contributed by atoms with Crippen LogP contribution in [0.5, 0.6) is 11.5 Å². The van der Waals surface area contributed by atoms with Gasteiger partial charge in [-0.05, 0) is 81.9 Å². The molecule has 0 radical (unpaired) electrons. The van der Waals surface area contributed by atoms with Crippen LogP contribution in [0.3, 0.4) is 0 Å². The predicted molar refractivity (Wildman–Crippen MR) is 171 cm³/mol. The number of unbranched alkanes of at least 4 members (excludes halogenated alkanes) is 2. The number of aromatic amines is 1. The third kappa shape index (κ3) is 9.76. The number of carbonyl (C=O) groups is 1. The molecule has 1 aliphatic heterocycles. The highest BCUT2D eigenvalue weighted by atomic mass is 35.5. The van der Waals surface area contributed by atoms with E-state index >= 15 is 0 Å². The van der Waals surface area contributed by atoms with E-state index in [1.165, 1.54) is 37.8 Å². The second kappa shape index (κ2) is 17.0. The molecule has 1 saturated heterocycles. The third-order valence-electron chi connectivity index (χ3n) is 7.53. The van der Waals surface area contributed by atoms with E-state index in [4.69, 9.17) is 25.8 Å². The van der Waals surface area contributed by atoms with Gasteiger partial charge in [-0.1, -0.05) is 36.2 Å². The first-order valence-electron chi connectivity index (χ1n) is 14.8. The van der Waals surface area contributed by atoms with Gasteiger partial charge in [0.05, 0.1) is 10.4 Å². The number of aldehydes is 1. The molecule has 0 amide bonds. The maximum absolute atomic E-state index is 10.6. The minimum atomic E-state index is -0.0600. The molecule has 0 saturated carbocycles. The lowest BCUT2D eigenvalue weighted by molar-refractivity contribution is -0.107. The maximum atomic E-state index is 10.6. The highest BCUT2D eigenvalue weighted by Gasteiger charge is 2.21. The van der Waals surface area contributed by atoms with Crippen molar-refractivity contribution < 1.29 is 19.0 Å². The zero-order valence-electron chi connectivity index (χ0n) is 25.2. The number of H-pyrrole nitrogens is 1. The summed E-state index contributed by atoms with van der Waals surface area (Å²) in [7, 11) is 3.41. The predicted octanol–water partition coefficient (Wildman–Crippen LogP) is 7.27. The number of likely N-dealkylation sites (tertiary alicyclic amines) is 1. The number of fused-ring (bicyclic) bond motifs is 1. The molecule has 10 heteroatoms.